The molecular weight excluding hydrogens is 390 g/mol. The first kappa shape index (κ1) is 20.1. The monoisotopic (exact) mass is 411 g/mol. The molecule has 0 saturated heterocycles. The molecule has 0 spiro atoms. The number of nitrogens with zero attached hydrogens (tertiary/aromatic N) is 1. The molecular formula is C22H22ClNO3Si. The molecule has 3 rings (SSSR count). The van der Waals surface area contributed by atoms with Crippen LogP contribution in [0.15, 0.2) is 78.9 Å². The third-order valence-corrected chi connectivity index (χ3v) is 9.96. The number of hydrogen-bond donors (Lipinski definition) is 0. The summed E-state index contributed by atoms with van der Waals surface area (Å²) in [6.45, 7) is 6.36. The fourth-order valence-electron chi connectivity index (χ4n) is 3.53. The third-order valence-electron chi connectivity index (χ3n) is 4.80. The molecule has 4 nitrogen and oxygen atoms in total. The average Bonchev–Trinajstić information content (AvgIpc) is 2.66. The molecule has 3 aromatic carbocycles. The van der Waals surface area contributed by atoms with Crippen LogP contribution < -0.4 is 14.8 Å². The lowest BCUT2D eigenvalue weighted by Crippen LogP contribution is -2.68. The van der Waals surface area contributed by atoms with Crippen molar-refractivity contribution >= 4 is 36.0 Å². The highest BCUT2D eigenvalue weighted by molar-refractivity contribution is 7.00. The maximum atomic E-state index is 11.6. The summed E-state index contributed by atoms with van der Waals surface area (Å²) in [6.07, 6.45) is 0. The predicted octanol–water partition coefficient (Wildman–Crippen LogP) is 5.19. The van der Waals surface area contributed by atoms with Crippen LogP contribution >= 0.6 is 11.6 Å². The minimum atomic E-state index is -2.95. The van der Waals surface area contributed by atoms with Gasteiger partial charge in [0.25, 0.3) is 0 Å². The summed E-state index contributed by atoms with van der Waals surface area (Å²) in [5.74, 6) is 0.201. The lowest BCUT2D eigenvalue weighted by Gasteiger charge is -2.42. The van der Waals surface area contributed by atoms with E-state index < -0.39 is 13.2 Å². The Bertz CT molecular complexity index is 933. The molecule has 0 aliphatic carbocycles. The molecule has 28 heavy (non-hydrogen) atoms. The summed E-state index contributed by atoms with van der Waals surface area (Å²) in [6, 6.07) is 24.4. The zero-order valence-electron chi connectivity index (χ0n) is 16.1. The van der Waals surface area contributed by atoms with Crippen LogP contribution in [0.2, 0.25) is 10.1 Å². The number of nitro groups is 1. The quantitative estimate of drug-likeness (QED) is 0.330. The van der Waals surface area contributed by atoms with Gasteiger partial charge in [0, 0.05) is 17.2 Å². The van der Waals surface area contributed by atoms with Crippen LogP contribution in [0, 0.1) is 10.1 Å². The Kier molecular flexibility index (Phi) is 5.58. The molecule has 144 valence electrons. The van der Waals surface area contributed by atoms with Crippen molar-refractivity contribution in [1.82, 2.24) is 0 Å². The normalized spacial score (nSPS) is 11.9. The van der Waals surface area contributed by atoms with E-state index >= 15 is 0 Å². The minimum Gasteiger partial charge on any atom is -0.529 e. The van der Waals surface area contributed by atoms with Gasteiger partial charge in [0.05, 0.1) is 4.92 Å². The summed E-state index contributed by atoms with van der Waals surface area (Å²) in [7, 11) is -2.95. The lowest BCUT2D eigenvalue weighted by molar-refractivity contribution is -0.385. The SMILES string of the molecule is CC(C)(C)[Si](Oc1cc(Cl)ccc1[N+](=O)[O-])(c1ccccc1)c1ccccc1. The van der Waals surface area contributed by atoms with E-state index in [9.17, 15) is 10.1 Å². The molecule has 0 heterocycles. The Hall–Kier alpha value is -2.63. The zero-order chi connectivity index (χ0) is 20.4. The van der Waals surface area contributed by atoms with Crippen molar-refractivity contribution < 1.29 is 9.35 Å². The molecule has 0 N–H and O–H groups in total. The van der Waals surface area contributed by atoms with E-state index in [1.54, 1.807) is 6.07 Å². The van der Waals surface area contributed by atoms with Gasteiger partial charge < -0.3 is 4.43 Å². The number of rotatable bonds is 5. The molecule has 3 aromatic rings. The summed E-state index contributed by atoms with van der Waals surface area (Å²) in [5, 5.41) is 13.8. The molecule has 6 heteroatoms. The predicted molar refractivity (Wildman–Crippen MR) is 116 cm³/mol. The molecule has 0 aromatic heterocycles. The summed E-state index contributed by atoms with van der Waals surface area (Å²) < 4.78 is 6.72. The number of halogens is 1. The topological polar surface area (TPSA) is 52.4 Å². The number of hydrogen-bond acceptors (Lipinski definition) is 3. The summed E-state index contributed by atoms with van der Waals surface area (Å²) in [4.78, 5) is 11.2. The van der Waals surface area contributed by atoms with E-state index in [-0.39, 0.29) is 16.5 Å². The Labute approximate surface area is 171 Å². The highest BCUT2D eigenvalue weighted by atomic mass is 35.5. The maximum absolute atomic E-state index is 11.6. The van der Waals surface area contributed by atoms with Crippen molar-refractivity contribution in [1.29, 1.82) is 0 Å². The smallest absolute Gasteiger partial charge is 0.320 e. The first-order valence-corrected chi connectivity index (χ1v) is 11.3. The van der Waals surface area contributed by atoms with Crippen molar-refractivity contribution in [2.24, 2.45) is 0 Å². The van der Waals surface area contributed by atoms with Crippen LogP contribution in [-0.4, -0.2) is 13.2 Å². The Morgan fingerprint density at radius 3 is 1.82 bits per heavy atom. The molecule has 0 atom stereocenters. The van der Waals surface area contributed by atoms with Gasteiger partial charge in [-0.05, 0) is 21.5 Å². The van der Waals surface area contributed by atoms with Crippen molar-refractivity contribution in [2.75, 3.05) is 0 Å². The molecule has 0 amide bonds. The van der Waals surface area contributed by atoms with Gasteiger partial charge >= 0.3 is 14.0 Å². The van der Waals surface area contributed by atoms with Crippen LogP contribution in [0.1, 0.15) is 20.8 Å². The third kappa shape index (κ3) is 3.68. The van der Waals surface area contributed by atoms with E-state index in [1.165, 1.54) is 12.1 Å². The number of benzene rings is 3. The van der Waals surface area contributed by atoms with Gasteiger partial charge in [-0.1, -0.05) is 93.0 Å². The van der Waals surface area contributed by atoms with E-state index in [0.717, 1.165) is 10.4 Å². The van der Waals surface area contributed by atoms with E-state index in [0.29, 0.717) is 5.02 Å². The second-order valence-electron chi connectivity index (χ2n) is 7.63. The van der Waals surface area contributed by atoms with Crippen molar-refractivity contribution in [3.8, 4) is 5.75 Å². The Balaban J connectivity index is 2.32. The molecule has 0 bridgehead atoms. The highest BCUT2D eigenvalue weighted by Crippen LogP contribution is 2.40. The number of nitro benzene ring substituents is 1. The van der Waals surface area contributed by atoms with Crippen LogP contribution in [0.4, 0.5) is 5.69 Å². The van der Waals surface area contributed by atoms with Gasteiger partial charge in [-0.25, -0.2) is 0 Å². The van der Waals surface area contributed by atoms with Gasteiger partial charge in [0.1, 0.15) is 0 Å². The minimum absolute atomic E-state index is 0.0858. The van der Waals surface area contributed by atoms with Crippen molar-refractivity contribution in [3.63, 3.8) is 0 Å². The van der Waals surface area contributed by atoms with Gasteiger partial charge in [0.2, 0.25) is 0 Å². The molecule has 0 saturated carbocycles. The largest absolute Gasteiger partial charge is 0.529 e. The zero-order valence-corrected chi connectivity index (χ0v) is 17.8. The van der Waals surface area contributed by atoms with Crippen LogP contribution in [0.5, 0.6) is 5.75 Å². The van der Waals surface area contributed by atoms with E-state index in [2.05, 4.69) is 20.8 Å². The van der Waals surface area contributed by atoms with Gasteiger partial charge in [-0.2, -0.15) is 0 Å². The molecule has 0 aliphatic rings. The Morgan fingerprint density at radius 1 is 0.893 bits per heavy atom. The second-order valence-corrected chi connectivity index (χ2v) is 12.3. The van der Waals surface area contributed by atoms with Crippen LogP contribution in [-0.2, 0) is 0 Å². The summed E-state index contributed by atoms with van der Waals surface area (Å²) in [5.41, 5.74) is -0.0858. The van der Waals surface area contributed by atoms with E-state index in [4.69, 9.17) is 16.0 Å². The maximum Gasteiger partial charge on any atom is 0.320 e. The van der Waals surface area contributed by atoms with Gasteiger partial charge in [-0.15, -0.1) is 0 Å². The first-order chi connectivity index (χ1) is 13.3. The van der Waals surface area contributed by atoms with E-state index in [1.807, 2.05) is 60.7 Å². The van der Waals surface area contributed by atoms with Crippen LogP contribution in [0.25, 0.3) is 0 Å². The highest BCUT2D eigenvalue weighted by Gasteiger charge is 2.52. The molecule has 0 unspecified atom stereocenters. The molecule has 0 radical (unpaired) electrons. The first-order valence-electron chi connectivity index (χ1n) is 9.00. The Morgan fingerprint density at radius 2 is 1.39 bits per heavy atom. The van der Waals surface area contributed by atoms with Gasteiger partial charge in [-0.3, -0.25) is 10.1 Å². The fourth-order valence-corrected chi connectivity index (χ4v) is 8.12. The van der Waals surface area contributed by atoms with Crippen molar-refractivity contribution in [2.45, 2.75) is 25.8 Å². The molecule has 0 fully saturated rings. The standard InChI is InChI=1S/C22H22ClNO3Si/c1-22(2,3)28(18-10-6-4-7-11-18,19-12-8-5-9-13-19)27-21-16-17(23)14-15-20(21)24(25)26/h4-16H,1-3H3. The van der Waals surface area contributed by atoms with Crippen molar-refractivity contribution in [3.05, 3.63) is 94.0 Å². The van der Waals surface area contributed by atoms with Crippen LogP contribution in [0.3, 0.4) is 0 Å². The average molecular weight is 412 g/mol. The summed E-state index contributed by atoms with van der Waals surface area (Å²) >= 11 is 6.17. The fraction of sp³-hybridized carbons (Fsp3) is 0.182. The molecule has 0 aliphatic heterocycles. The lowest BCUT2D eigenvalue weighted by atomic mass is 10.2. The second kappa shape index (κ2) is 7.77. The van der Waals surface area contributed by atoms with Gasteiger partial charge in [0.15, 0.2) is 5.75 Å².